The molecule has 2 nitrogen and oxygen atoms in total. The van der Waals surface area contributed by atoms with Gasteiger partial charge in [0.2, 0.25) is 0 Å². The third kappa shape index (κ3) is 1.96. The summed E-state index contributed by atoms with van der Waals surface area (Å²) in [7, 11) is 0. The van der Waals surface area contributed by atoms with Crippen LogP contribution in [0.15, 0.2) is 0 Å². The van der Waals surface area contributed by atoms with Crippen molar-refractivity contribution in [2.45, 2.75) is 63.5 Å². The highest BCUT2D eigenvalue weighted by Crippen LogP contribution is 2.35. The van der Waals surface area contributed by atoms with Crippen molar-refractivity contribution in [1.82, 2.24) is 10.6 Å². The molecule has 1 aliphatic carbocycles. The van der Waals surface area contributed by atoms with Crippen molar-refractivity contribution in [3.63, 3.8) is 0 Å². The van der Waals surface area contributed by atoms with E-state index in [1.807, 2.05) is 0 Å². The first-order valence-corrected chi connectivity index (χ1v) is 6.18. The monoisotopic (exact) mass is 196 g/mol. The number of hydrogen-bond acceptors (Lipinski definition) is 2. The van der Waals surface area contributed by atoms with Crippen LogP contribution in [0.2, 0.25) is 0 Å². The fourth-order valence-corrected chi connectivity index (χ4v) is 2.75. The molecule has 0 spiro atoms. The predicted octanol–water partition coefficient (Wildman–Crippen LogP) is 2.05. The van der Waals surface area contributed by atoms with Gasteiger partial charge in [0.1, 0.15) is 0 Å². The summed E-state index contributed by atoms with van der Waals surface area (Å²) in [5, 5.41) is 7.42. The van der Waals surface area contributed by atoms with Crippen molar-refractivity contribution in [1.29, 1.82) is 0 Å². The highest BCUT2D eigenvalue weighted by atomic mass is 15.1. The first kappa shape index (κ1) is 10.4. The van der Waals surface area contributed by atoms with Crippen molar-refractivity contribution < 1.29 is 0 Å². The number of rotatable bonds is 4. The predicted molar refractivity (Wildman–Crippen MR) is 60.5 cm³/mol. The van der Waals surface area contributed by atoms with E-state index in [4.69, 9.17) is 0 Å². The molecule has 0 radical (unpaired) electrons. The zero-order valence-corrected chi connectivity index (χ0v) is 9.66. The molecule has 0 bridgehead atoms. The molecule has 0 amide bonds. The molecule has 82 valence electrons. The van der Waals surface area contributed by atoms with Gasteiger partial charge in [-0.3, -0.25) is 0 Å². The van der Waals surface area contributed by atoms with Crippen LogP contribution in [0.1, 0.15) is 52.4 Å². The van der Waals surface area contributed by atoms with Gasteiger partial charge in [0, 0.05) is 17.6 Å². The Balaban J connectivity index is 1.80. The minimum atomic E-state index is 0.373. The largest absolute Gasteiger partial charge is 0.310 e. The molecule has 1 unspecified atom stereocenters. The molecule has 14 heavy (non-hydrogen) atoms. The van der Waals surface area contributed by atoms with Gasteiger partial charge in [-0.05, 0) is 52.0 Å². The van der Waals surface area contributed by atoms with E-state index in [1.165, 1.54) is 45.1 Å². The molecule has 1 heterocycles. The SMILES string of the molecule is CCC1(NCC2(C)CCCN2)CCC1. The minimum Gasteiger partial charge on any atom is -0.310 e. The van der Waals surface area contributed by atoms with E-state index < -0.39 is 0 Å². The van der Waals surface area contributed by atoms with Gasteiger partial charge in [0.25, 0.3) is 0 Å². The first-order chi connectivity index (χ1) is 6.68. The molecule has 2 fully saturated rings. The molecule has 2 aliphatic rings. The Labute approximate surface area is 87.8 Å². The summed E-state index contributed by atoms with van der Waals surface area (Å²) in [6, 6.07) is 0. The van der Waals surface area contributed by atoms with E-state index in [9.17, 15) is 0 Å². The summed E-state index contributed by atoms with van der Waals surface area (Å²) in [6.45, 7) is 7.03. The van der Waals surface area contributed by atoms with E-state index in [-0.39, 0.29) is 0 Å². The van der Waals surface area contributed by atoms with Crippen molar-refractivity contribution in [2.24, 2.45) is 0 Å². The summed E-state index contributed by atoms with van der Waals surface area (Å²) < 4.78 is 0. The molecule has 1 aliphatic heterocycles. The molecule has 2 rings (SSSR count). The van der Waals surface area contributed by atoms with E-state index >= 15 is 0 Å². The summed E-state index contributed by atoms with van der Waals surface area (Å²) in [5.74, 6) is 0. The molecule has 1 atom stereocenters. The second-order valence-corrected chi connectivity index (χ2v) is 5.43. The van der Waals surface area contributed by atoms with E-state index in [0.29, 0.717) is 11.1 Å². The summed E-state index contributed by atoms with van der Waals surface area (Å²) in [4.78, 5) is 0. The second kappa shape index (κ2) is 3.82. The van der Waals surface area contributed by atoms with Gasteiger partial charge >= 0.3 is 0 Å². The molecule has 0 aromatic rings. The Bertz CT molecular complexity index is 183. The standard InChI is InChI=1S/C12H24N2/c1-3-12(7-4-8-12)14-10-11(2)6-5-9-13-11/h13-14H,3-10H2,1-2H3. The summed E-state index contributed by atoms with van der Waals surface area (Å²) in [5.41, 5.74) is 0.880. The van der Waals surface area contributed by atoms with E-state index in [0.717, 1.165) is 6.54 Å². The van der Waals surface area contributed by atoms with Crippen LogP contribution in [0.4, 0.5) is 0 Å². The lowest BCUT2D eigenvalue weighted by Gasteiger charge is -2.44. The van der Waals surface area contributed by atoms with Gasteiger partial charge in [0.15, 0.2) is 0 Å². The average Bonchev–Trinajstić information content (AvgIpc) is 2.52. The average molecular weight is 196 g/mol. The molecule has 1 saturated heterocycles. The van der Waals surface area contributed by atoms with Crippen LogP contribution in [0.25, 0.3) is 0 Å². The zero-order valence-electron chi connectivity index (χ0n) is 9.66. The maximum absolute atomic E-state index is 3.80. The second-order valence-electron chi connectivity index (χ2n) is 5.43. The Kier molecular flexibility index (Phi) is 2.85. The molecular formula is C12H24N2. The number of hydrogen-bond donors (Lipinski definition) is 2. The highest BCUT2D eigenvalue weighted by molar-refractivity contribution is 4.99. The van der Waals surface area contributed by atoms with Crippen LogP contribution in [0.3, 0.4) is 0 Å². The molecule has 0 aromatic heterocycles. The fourth-order valence-electron chi connectivity index (χ4n) is 2.75. The lowest BCUT2D eigenvalue weighted by atomic mass is 9.74. The van der Waals surface area contributed by atoms with E-state index in [2.05, 4.69) is 24.5 Å². The third-order valence-corrected chi connectivity index (χ3v) is 4.30. The van der Waals surface area contributed by atoms with Crippen molar-refractivity contribution in [3.05, 3.63) is 0 Å². The molecule has 2 N–H and O–H groups in total. The van der Waals surface area contributed by atoms with Crippen molar-refractivity contribution in [2.75, 3.05) is 13.1 Å². The molecule has 1 saturated carbocycles. The zero-order chi connectivity index (χ0) is 10.1. The lowest BCUT2D eigenvalue weighted by molar-refractivity contribution is 0.161. The smallest absolute Gasteiger partial charge is 0.0278 e. The third-order valence-electron chi connectivity index (χ3n) is 4.30. The van der Waals surface area contributed by atoms with Crippen LogP contribution >= 0.6 is 0 Å². The summed E-state index contributed by atoms with van der Waals surface area (Å²) in [6.07, 6.45) is 8.17. The Morgan fingerprint density at radius 1 is 1.21 bits per heavy atom. The van der Waals surface area contributed by atoms with Gasteiger partial charge in [-0.25, -0.2) is 0 Å². The molecule has 0 aromatic carbocycles. The minimum absolute atomic E-state index is 0.373. The molecule has 2 heteroatoms. The Morgan fingerprint density at radius 2 is 2.00 bits per heavy atom. The quantitative estimate of drug-likeness (QED) is 0.719. The fraction of sp³-hybridized carbons (Fsp3) is 1.00. The first-order valence-electron chi connectivity index (χ1n) is 6.18. The topological polar surface area (TPSA) is 24.1 Å². The van der Waals surface area contributed by atoms with Gasteiger partial charge in [-0.2, -0.15) is 0 Å². The van der Waals surface area contributed by atoms with Crippen molar-refractivity contribution in [3.8, 4) is 0 Å². The maximum atomic E-state index is 3.80. The van der Waals surface area contributed by atoms with Gasteiger partial charge in [-0.15, -0.1) is 0 Å². The Morgan fingerprint density at radius 3 is 2.43 bits per heavy atom. The summed E-state index contributed by atoms with van der Waals surface area (Å²) >= 11 is 0. The maximum Gasteiger partial charge on any atom is 0.0278 e. The molecular weight excluding hydrogens is 172 g/mol. The van der Waals surface area contributed by atoms with Crippen LogP contribution < -0.4 is 10.6 Å². The van der Waals surface area contributed by atoms with Crippen LogP contribution in [-0.2, 0) is 0 Å². The van der Waals surface area contributed by atoms with E-state index in [1.54, 1.807) is 0 Å². The van der Waals surface area contributed by atoms with Crippen molar-refractivity contribution >= 4 is 0 Å². The number of nitrogens with one attached hydrogen (secondary N) is 2. The Hall–Kier alpha value is -0.0800. The van der Waals surface area contributed by atoms with Gasteiger partial charge in [-0.1, -0.05) is 6.92 Å². The highest BCUT2D eigenvalue weighted by Gasteiger charge is 2.37. The normalized spacial score (nSPS) is 35.6. The van der Waals surface area contributed by atoms with Crippen LogP contribution in [-0.4, -0.2) is 24.2 Å². The van der Waals surface area contributed by atoms with Gasteiger partial charge < -0.3 is 10.6 Å². The lowest BCUT2D eigenvalue weighted by Crippen LogP contribution is -2.57. The van der Waals surface area contributed by atoms with Crippen LogP contribution in [0, 0.1) is 0 Å². The van der Waals surface area contributed by atoms with Gasteiger partial charge in [0.05, 0.1) is 0 Å². The van der Waals surface area contributed by atoms with Crippen LogP contribution in [0.5, 0.6) is 0 Å².